The van der Waals surface area contributed by atoms with Crippen molar-refractivity contribution in [2.24, 2.45) is 0 Å². The van der Waals surface area contributed by atoms with E-state index in [2.05, 4.69) is 0 Å². The fraction of sp³-hybridized carbons (Fsp3) is 0.182. The molecule has 1 aromatic carbocycles. The Morgan fingerprint density at radius 2 is 2.00 bits per heavy atom. The zero-order valence-corrected chi connectivity index (χ0v) is 10.0. The van der Waals surface area contributed by atoms with Crippen LogP contribution in [0.4, 0.5) is 0 Å². The molecule has 1 N–H and O–H groups in total. The molecule has 0 fully saturated rings. The number of hydrogen-bond acceptors (Lipinski definition) is 5. The normalized spacial score (nSPS) is 11.8. The van der Waals surface area contributed by atoms with E-state index in [4.69, 9.17) is 13.7 Å². The van der Waals surface area contributed by atoms with Gasteiger partial charge in [-0.3, -0.25) is 4.55 Å². The van der Waals surface area contributed by atoms with Gasteiger partial charge in [-0.05, 0) is 12.1 Å². The SMILES string of the molecule is O=c1oc2ccccc2cc1COCS(=O)(=O)O. The van der Waals surface area contributed by atoms with Gasteiger partial charge in [-0.1, -0.05) is 18.2 Å². The molecule has 1 heterocycles. The maximum absolute atomic E-state index is 11.5. The van der Waals surface area contributed by atoms with Crippen molar-refractivity contribution in [1.82, 2.24) is 0 Å². The highest BCUT2D eigenvalue weighted by Gasteiger charge is 2.08. The second kappa shape index (κ2) is 4.89. The molecule has 0 saturated carbocycles. The van der Waals surface area contributed by atoms with Gasteiger partial charge in [-0.2, -0.15) is 8.42 Å². The highest BCUT2D eigenvalue weighted by Crippen LogP contribution is 2.12. The van der Waals surface area contributed by atoms with E-state index in [1.165, 1.54) is 0 Å². The molecule has 6 nitrogen and oxygen atoms in total. The number of para-hydroxylation sites is 1. The van der Waals surface area contributed by atoms with Crippen LogP contribution >= 0.6 is 0 Å². The summed E-state index contributed by atoms with van der Waals surface area (Å²) in [5.74, 6) is -0.862. The molecule has 0 saturated heterocycles. The van der Waals surface area contributed by atoms with E-state index in [1.807, 2.05) is 0 Å². The Kier molecular flexibility index (Phi) is 3.46. The maximum atomic E-state index is 11.5. The first-order chi connectivity index (χ1) is 8.46. The molecule has 0 atom stereocenters. The molecule has 2 rings (SSSR count). The fourth-order valence-corrected chi connectivity index (χ4v) is 1.76. The van der Waals surface area contributed by atoms with Gasteiger partial charge < -0.3 is 9.15 Å². The van der Waals surface area contributed by atoms with E-state index in [0.29, 0.717) is 11.0 Å². The summed E-state index contributed by atoms with van der Waals surface area (Å²) in [6.45, 7) is -0.243. The molecule has 0 bridgehead atoms. The summed E-state index contributed by atoms with van der Waals surface area (Å²) >= 11 is 0. The van der Waals surface area contributed by atoms with Crippen molar-refractivity contribution in [3.05, 3.63) is 46.3 Å². The first-order valence-corrected chi connectivity index (χ1v) is 6.61. The van der Waals surface area contributed by atoms with Crippen molar-refractivity contribution in [3.8, 4) is 0 Å². The minimum absolute atomic E-state index is 0.192. The highest BCUT2D eigenvalue weighted by atomic mass is 32.2. The number of rotatable bonds is 4. The van der Waals surface area contributed by atoms with Gasteiger partial charge in [-0.15, -0.1) is 0 Å². The van der Waals surface area contributed by atoms with Crippen molar-refractivity contribution in [2.75, 3.05) is 5.94 Å². The maximum Gasteiger partial charge on any atom is 0.341 e. The van der Waals surface area contributed by atoms with Gasteiger partial charge in [0.15, 0.2) is 5.94 Å². The van der Waals surface area contributed by atoms with E-state index in [-0.39, 0.29) is 12.2 Å². The lowest BCUT2D eigenvalue weighted by molar-refractivity contribution is 0.154. The Hall–Kier alpha value is -1.70. The summed E-state index contributed by atoms with van der Waals surface area (Å²) < 4.78 is 39.1. The molecule has 2 aromatic rings. The monoisotopic (exact) mass is 270 g/mol. The summed E-state index contributed by atoms with van der Waals surface area (Å²) in [6.07, 6.45) is 0. The summed E-state index contributed by atoms with van der Waals surface area (Å²) in [5, 5.41) is 0.711. The van der Waals surface area contributed by atoms with Gasteiger partial charge in [0.25, 0.3) is 10.1 Å². The molecular formula is C11H10O6S. The molecule has 0 aliphatic rings. The molecule has 0 aliphatic carbocycles. The van der Waals surface area contributed by atoms with Crippen molar-refractivity contribution >= 4 is 21.1 Å². The van der Waals surface area contributed by atoms with Crippen LogP contribution in [0.2, 0.25) is 0 Å². The zero-order chi connectivity index (χ0) is 13.2. The average molecular weight is 270 g/mol. The smallest absolute Gasteiger partial charge is 0.341 e. The lowest BCUT2D eigenvalue weighted by Crippen LogP contribution is -2.12. The summed E-state index contributed by atoms with van der Waals surface area (Å²) in [7, 11) is -4.20. The largest absolute Gasteiger partial charge is 0.422 e. The summed E-state index contributed by atoms with van der Waals surface area (Å²) in [6, 6.07) is 8.49. The number of ether oxygens (including phenoxy) is 1. The van der Waals surface area contributed by atoms with Crippen molar-refractivity contribution in [2.45, 2.75) is 6.61 Å². The van der Waals surface area contributed by atoms with E-state index < -0.39 is 21.7 Å². The Morgan fingerprint density at radius 1 is 1.28 bits per heavy atom. The Morgan fingerprint density at radius 3 is 2.72 bits per heavy atom. The highest BCUT2D eigenvalue weighted by molar-refractivity contribution is 7.85. The second-order valence-corrected chi connectivity index (χ2v) is 5.04. The van der Waals surface area contributed by atoms with E-state index in [0.717, 1.165) is 0 Å². The van der Waals surface area contributed by atoms with Crippen LogP contribution in [0.5, 0.6) is 0 Å². The van der Waals surface area contributed by atoms with Gasteiger partial charge in [0.2, 0.25) is 0 Å². The van der Waals surface area contributed by atoms with Gasteiger partial charge >= 0.3 is 5.63 Å². The zero-order valence-electron chi connectivity index (χ0n) is 9.20. The lowest BCUT2D eigenvalue weighted by Gasteiger charge is -2.02. The van der Waals surface area contributed by atoms with Gasteiger partial charge in [0.05, 0.1) is 12.2 Å². The third-order valence-corrected chi connectivity index (χ3v) is 2.67. The molecule has 18 heavy (non-hydrogen) atoms. The van der Waals surface area contributed by atoms with Crippen LogP contribution in [-0.4, -0.2) is 18.9 Å². The molecule has 0 unspecified atom stereocenters. The molecule has 1 aromatic heterocycles. The lowest BCUT2D eigenvalue weighted by atomic mass is 10.2. The minimum Gasteiger partial charge on any atom is -0.422 e. The summed E-state index contributed by atoms with van der Waals surface area (Å²) in [4.78, 5) is 11.5. The number of fused-ring (bicyclic) bond motifs is 1. The first kappa shape index (κ1) is 12.7. The molecule has 0 radical (unpaired) electrons. The molecule has 96 valence electrons. The fourth-order valence-electron chi connectivity index (χ4n) is 1.46. The van der Waals surface area contributed by atoms with Crippen LogP contribution in [0.3, 0.4) is 0 Å². The van der Waals surface area contributed by atoms with Crippen molar-refractivity contribution in [1.29, 1.82) is 0 Å². The van der Waals surface area contributed by atoms with Gasteiger partial charge in [0, 0.05) is 5.39 Å². The molecule has 7 heteroatoms. The quantitative estimate of drug-likeness (QED) is 0.661. The van der Waals surface area contributed by atoms with Crippen LogP contribution < -0.4 is 5.63 Å². The predicted molar refractivity (Wildman–Crippen MR) is 63.7 cm³/mol. The Labute approximate surface area is 103 Å². The molecule has 0 amide bonds. The van der Waals surface area contributed by atoms with Crippen LogP contribution in [-0.2, 0) is 21.5 Å². The third-order valence-electron chi connectivity index (χ3n) is 2.20. The van der Waals surface area contributed by atoms with Crippen molar-refractivity contribution < 1.29 is 22.1 Å². The minimum atomic E-state index is -4.20. The summed E-state index contributed by atoms with van der Waals surface area (Å²) in [5.41, 5.74) is 0.0439. The van der Waals surface area contributed by atoms with Gasteiger partial charge in [0.1, 0.15) is 5.58 Å². The van der Waals surface area contributed by atoms with Crippen LogP contribution in [0, 0.1) is 0 Å². The third kappa shape index (κ3) is 3.16. The van der Waals surface area contributed by atoms with Crippen LogP contribution in [0.25, 0.3) is 11.0 Å². The standard InChI is InChI=1S/C11H10O6S/c12-11-9(6-16-7-18(13,14)15)5-8-3-1-2-4-10(8)17-11/h1-5H,6-7H2,(H,13,14,15). The average Bonchev–Trinajstić information content (AvgIpc) is 2.28. The Balaban J connectivity index is 2.23. The molecule has 0 aliphatic heterocycles. The van der Waals surface area contributed by atoms with E-state index in [1.54, 1.807) is 30.3 Å². The Bertz CT molecular complexity index is 716. The van der Waals surface area contributed by atoms with Crippen LogP contribution in [0.1, 0.15) is 5.56 Å². The number of hydrogen-bond donors (Lipinski definition) is 1. The van der Waals surface area contributed by atoms with E-state index >= 15 is 0 Å². The molecular weight excluding hydrogens is 260 g/mol. The molecule has 0 spiro atoms. The van der Waals surface area contributed by atoms with Gasteiger partial charge in [-0.25, -0.2) is 4.79 Å². The van der Waals surface area contributed by atoms with Crippen molar-refractivity contribution in [3.63, 3.8) is 0 Å². The number of benzene rings is 1. The first-order valence-electron chi connectivity index (χ1n) is 5.00. The predicted octanol–water partition coefficient (Wildman–Crippen LogP) is 1.15. The second-order valence-electron chi connectivity index (χ2n) is 3.65. The van der Waals surface area contributed by atoms with Crippen LogP contribution in [0.15, 0.2) is 39.5 Å². The van der Waals surface area contributed by atoms with E-state index in [9.17, 15) is 13.2 Å². The topological polar surface area (TPSA) is 93.8 Å².